The lowest BCUT2D eigenvalue weighted by atomic mass is 10.1. The molecule has 0 saturated carbocycles. The maximum atomic E-state index is 11.7. The molecular weight excluding hydrogens is 222 g/mol. The normalized spacial score (nSPS) is 11.9. The fourth-order valence-corrected chi connectivity index (χ4v) is 2.51. The third-order valence-electron chi connectivity index (χ3n) is 2.24. The number of hydrogen-bond donors (Lipinski definition) is 1. The van der Waals surface area contributed by atoms with E-state index in [9.17, 15) is 8.42 Å². The molecule has 0 amide bonds. The van der Waals surface area contributed by atoms with Gasteiger partial charge in [-0.1, -0.05) is 44.2 Å². The number of nitrogens with one attached hydrogen (secondary N) is 1. The number of benzene rings is 1. The molecule has 4 heteroatoms. The van der Waals surface area contributed by atoms with E-state index in [1.165, 1.54) is 0 Å². The Morgan fingerprint density at radius 3 is 2.38 bits per heavy atom. The van der Waals surface area contributed by atoms with Crippen molar-refractivity contribution < 1.29 is 8.42 Å². The van der Waals surface area contributed by atoms with Crippen molar-refractivity contribution in [2.24, 2.45) is 5.92 Å². The van der Waals surface area contributed by atoms with Crippen molar-refractivity contribution in [3.05, 3.63) is 35.9 Å². The average Bonchev–Trinajstić information content (AvgIpc) is 2.17. The molecule has 0 aliphatic rings. The van der Waals surface area contributed by atoms with Gasteiger partial charge < -0.3 is 0 Å². The van der Waals surface area contributed by atoms with Gasteiger partial charge in [0.2, 0.25) is 10.0 Å². The number of hydrogen-bond acceptors (Lipinski definition) is 2. The van der Waals surface area contributed by atoms with Crippen molar-refractivity contribution in [3.63, 3.8) is 0 Å². The highest BCUT2D eigenvalue weighted by Gasteiger charge is 2.10. The van der Waals surface area contributed by atoms with E-state index in [1.54, 1.807) is 0 Å². The molecule has 1 N–H and O–H groups in total. The van der Waals surface area contributed by atoms with Crippen LogP contribution in [0.1, 0.15) is 25.8 Å². The van der Waals surface area contributed by atoms with Crippen LogP contribution in [0, 0.1) is 5.92 Å². The van der Waals surface area contributed by atoms with Gasteiger partial charge in [0.05, 0.1) is 5.75 Å². The van der Waals surface area contributed by atoms with Gasteiger partial charge in [0.15, 0.2) is 0 Å². The summed E-state index contributed by atoms with van der Waals surface area (Å²) in [5.74, 6) is 0.575. The predicted octanol–water partition coefficient (Wildman–Crippen LogP) is 2.15. The van der Waals surface area contributed by atoms with Crippen LogP contribution in [0.15, 0.2) is 30.3 Å². The minimum Gasteiger partial charge on any atom is -0.215 e. The van der Waals surface area contributed by atoms with E-state index in [-0.39, 0.29) is 5.75 Å². The van der Waals surface area contributed by atoms with Crippen LogP contribution < -0.4 is 4.72 Å². The van der Waals surface area contributed by atoms with Crippen molar-refractivity contribution in [3.8, 4) is 0 Å². The Morgan fingerprint density at radius 2 is 1.81 bits per heavy atom. The largest absolute Gasteiger partial charge is 0.215 e. The monoisotopic (exact) mass is 241 g/mol. The Bertz CT molecular complexity index is 398. The third kappa shape index (κ3) is 5.28. The molecule has 1 aromatic carbocycles. The van der Waals surface area contributed by atoms with Gasteiger partial charge in [0.25, 0.3) is 0 Å². The van der Waals surface area contributed by atoms with Crippen LogP contribution in [0.5, 0.6) is 0 Å². The molecule has 16 heavy (non-hydrogen) atoms. The second kappa shape index (κ2) is 6.01. The Balaban J connectivity index is 2.46. The number of rotatable bonds is 6. The first-order chi connectivity index (χ1) is 7.49. The van der Waals surface area contributed by atoms with Crippen LogP contribution in [0.2, 0.25) is 0 Å². The first-order valence-electron chi connectivity index (χ1n) is 5.51. The molecule has 0 radical (unpaired) electrons. The summed E-state index contributed by atoms with van der Waals surface area (Å²) in [6.07, 6.45) is 0.869. The van der Waals surface area contributed by atoms with Gasteiger partial charge in [-0.3, -0.25) is 0 Å². The van der Waals surface area contributed by atoms with Gasteiger partial charge in [0.1, 0.15) is 0 Å². The maximum Gasteiger partial charge on any atom is 0.215 e. The molecule has 0 aromatic heterocycles. The van der Waals surface area contributed by atoms with Gasteiger partial charge in [0, 0.05) is 6.54 Å². The highest BCUT2D eigenvalue weighted by atomic mass is 32.2. The first kappa shape index (κ1) is 13.2. The molecule has 1 rings (SSSR count). The van der Waals surface area contributed by atoms with Crippen molar-refractivity contribution >= 4 is 10.0 Å². The van der Waals surface area contributed by atoms with Crippen LogP contribution in [0.3, 0.4) is 0 Å². The van der Waals surface area contributed by atoms with Gasteiger partial charge in [-0.15, -0.1) is 0 Å². The van der Waals surface area contributed by atoms with Crippen LogP contribution in [-0.4, -0.2) is 15.0 Å². The molecule has 0 atom stereocenters. The fraction of sp³-hybridized carbons (Fsp3) is 0.500. The summed E-state index contributed by atoms with van der Waals surface area (Å²) in [7, 11) is -3.18. The summed E-state index contributed by atoms with van der Waals surface area (Å²) >= 11 is 0. The van der Waals surface area contributed by atoms with Crippen LogP contribution >= 0.6 is 0 Å². The Hall–Kier alpha value is -0.870. The summed E-state index contributed by atoms with van der Waals surface area (Å²) in [4.78, 5) is 0. The quantitative estimate of drug-likeness (QED) is 0.829. The summed E-state index contributed by atoms with van der Waals surface area (Å²) in [6, 6.07) is 9.21. The molecule has 3 nitrogen and oxygen atoms in total. The van der Waals surface area contributed by atoms with Gasteiger partial charge in [-0.25, -0.2) is 13.1 Å². The summed E-state index contributed by atoms with van der Waals surface area (Å²) in [6.45, 7) is 4.67. The van der Waals surface area contributed by atoms with Crippen molar-refractivity contribution in [1.29, 1.82) is 0 Å². The Kier molecular flexibility index (Phi) is 4.96. The van der Waals surface area contributed by atoms with E-state index in [0.29, 0.717) is 12.5 Å². The topological polar surface area (TPSA) is 46.2 Å². The molecule has 0 fully saturated rings. The van der Waals surface area contributed by atoms with E-state index < -0.39 is 10.0 Å². The predicted molar refractivity (Wildman–Crippen MR) is 66.5 cm³/mol. The summed E-state index contributed by atoms with van der Waals surface area (Å²) in [5.41, 5.74) is 0.819. The Morgan fingerprint density at radius 1 is 1.19 bits per heavy atom. The molecule has 1 aromatic rings. The number of sulfonamides is 1. The lowest BCUT2D eigenvalue weighted by molar-refractivity contribution is 0.551. The molecule has 0 aliphatic heterocycles. The minimum absolute atomic E-state index is 0.0614. The van der Waals surface area contributed by atoms with Crippen molar-refractivity contribution in [2.75, 3.05) is 6.54 Å². The highest BCUT2D eigenvalue weighted by molar-refractivity contribution is 7.88. The van der Waals surface area contributed by atoms with Crippen molar-refractivity contribution in [2.45, 2.75) is 26.0 Å². The second-order valence-corrected chi connectivity index (χ2v) is 6.13. The third-order valence-corrected chi connectivity index (χ3v) is 3.60. The molecule has 90 valence electrons. The minimum atomic E-state index is -3.18. The second-order valence-electron chi connectivity index (χ2n) is 4.32. The first-order valence-corrected chi connectivity index (χ1v) is 7.16. The average molecular weight is 241 g/mol. The van der Waals surface area contributed by atoms with E-state index in [2.05, 4.69) is 18.6 Å². The van der Waals surface area contributed by atoms with E-state index in [4.69, 9.17) is 0 Å². The van der Waals surface area contributed by atoms with Gasteiger partial charge >= 0.3 is 0 Å². The van der Waals surface area contributed by atoms with Crippen LogP contribution in [0.4, 0.5) is 0 Å². The maximum absolute atomic E-state index is 11.7. The zero-order chi connectivity index (χ0) is 12.0. The SMILES string of the molecule is CC(C)CCNS(=O)(=O)Cc1ccccc1. The van der Waals surface area contributed by atoms with Gasteiger partial charge in [-0.05, 0) is 17.9 Å². The summed E-state index contributed by atoms with van der Waals surface area (Å²) in [5, 5.41) is 0. The zero-order valence-corrected chi connectivity index (χ0v) is 10.6. The van der Waals surface area contributed by atoms with Crippen LogP contribution in [0.25, 0.3) is 0 Å². The lowest BCUT2D eigenvalue weighted by Crippen LogP contribution is -2.26. The lowest BCUT2D eigenvalue weighted by Gasteiger charge is -2.08. The zero-order valence-electron chi connectivity index (χ0n) is 9.81. The fourth-order valence-electron chi connectivity index (χ4n) is 1.35. The molecule has 0 bridgehead atoms. The van der Waals surface area contributed by atoms with Gasteiger partial charge in [-0.2, -0.15) is 0 Å². The Labute approximate surface area is 97.9 Å². The smallest absolute Gasteiger partial charge is 0.215 e. The van der Waals surface area contributed by atoms with E-state index in [1.807, 2.05) is 30.3 Å². The molecule has 0 spiro atoms. The molecule has 0 aliphatic carbocycles. The molecule has 0 saturated heterocycles. The standard InChI is InChI=1S/C12H19NO2S/c1-11(2)8-9-13-16(14,15)10-12-6-4-3-5-7-12/h3-7,11,13H,8-10H2,1-2H3. The summed E-state index contributed by atoms with van der Waals surface area (Å²) < 4.78 is 26.0. The van der Waals surface area contributed by atoms with E-state index >= 15 is 0 Å². The van der Waals surface area contributed by atoms with Crippen LogP contribution in [-0.2, 0) is 15.8 Å². The highest BCUT2D eigenvalue weighted by Crippen LogP contribution is 2.04. The van der Waals surface area contributed by atoms with Crippen molar-refractivity contribution in [1.82, 2.24) is 4.72 Å². The molecular formula is C12H19NO2S. The van der Waals surface area contributed by atoms with E-state index in [0.717, 1.165) is 12.0 Å². The molecule has 0 heterocycles. The molecule has 0 unspecified atom stereocenters.